The molecule has 122 valence electrons. The molecule has 0 atom stereocenters. The highest BCUT2D eigenvalue weighted by atomic mass is 19.1. The first-order valence-corrected chi connectivity index (χ1v) is 7.71. The van der Waals surface area contributed by atoms with Crippen LogP contribution in [0.5, 0.6) is 0 Å². The largest absolute Gasteiger partial charge is 0.388 e. The van der Waals surface area contributed by atoms with Gasteiger partial charge in [0.2, 0.25) is 0 Å². The molecule has 1 fully saturated rings. The van der Waals surface area contributed by atoms with E-state index in [1.165, 1.54) is 0 Å². The van der Waals surface area contributed by atoms with Crippen LogP contribution >= 0.6 is 0 Å². The number of benzene rings is 1. The minimum absolute atomic E-state index is 0.0390. The molecule has 6 heteroatoms. The van der Waals surface area contributed by atoms with Gasteiger partial charge in [-0.25, -0.2) is 13.8 Å². The van der Waals surface area contributed by atoms with Crippen molar-refractivity contribution in [3.05, 3.63) is 35.4 Å². The lowest BCUT2D eigenvalue weighted by Crippen LogP contribution is -2.46. The monoisotopic (exact) mass is 311 g/mol. The van der Waals surface area contributed by atoms with E-state index >= 15 is 0 Å². The lowest BCUT2D eigenvalue weighted by molar-refractivity contribution is 0.0522. The Hall–Kier alpha value is -1.69. The highest BCUT2D eigenvalue weighted by Gasteiger charge is 2.30. The topological polar surface area (TPSA) is 56.7 Å². The van der Waals surface area contributed by atoms with E-state index in [9.17, 15) is 13.9 Å². The van der Waals surface area contributed by atoms with Crippen LogP contribution in [0, 0.1) is 11.6 Å². The number of nitrogens with zero attached hydrogens (tertiary/aromatic N) is 1. The molecule has 0 saturated heterocycles. The minimum atomic E-state index is -0.694. The molecule has 0 unspecified atom stereocenters. The van der Waals surface area contributed by atoms with Crippen LogP contribution in [-0.4, -0.2) is 29.8 Å². The summed E-state index contributed by atoms with van der Waals surface area (Å²) in [4.78, 5) is 4.25. The second-order valence-electron chi connectivity index (χ2n) is 5.72. The highest BCUT2D eigenvalue weighted by molar-refractivity contribution is 5.79. The van der Waals surface area contributed by atoms with Gasteiger partial charge in [0.25, 0.3) is 0 Å². The molecule has 1 aliphatic carbocycles. The lowest BCUT2D eigenvalue weighted by atomic mass is 10.0. The van der Waals surface area contributed by atoms with Crippen LogP contribution in [0.1, 0.15) is 38.2 Å². The van der Waals surface area contributed by atoms with Crippen LogP contribution in [0.15, 0.2) is 23.2 Å². The first-order valence-electron chi connectivity index (χ1n) is 7.71. The summed E-state index contributed by atoms with van der Waals surface area (Å²) in [5.41, 5.74) is -0.489. The van der Waals surface area contributed by atoms with Crippen molar-refractivity contribution in [2.24, 2.45) is 4.99 Å². The van der Waals surface area contributed by atoms with Crippen molar-refractivity contribution in [1.82, 2.24) is 10.6 Å². The summed E-state index contributed by atoms with van der Waals surface area (Å²) in [5.74, 6) is -0.466. The van der Waals surface area contributed by atoms with E-state index < -0.39 is 17.2 Å². The summed E-state index contributed by atoms with van der Waals surface area (Å²) in [7, 11) is 0. The standard InChI is InChI=1S/C16H23F2N3O/c1-2-19-15(21-11-16(22)7-3-4-8-16)20-10-12-9-13(17)5-6-14(12)18/h5-6,9,22H,2-4,7-8,10-11H2,1H3,(H2,19,20,21). The summed E-state index contributed by atoms with van der Waals surface area (Å²) >= 11 is 0. The molecular formula is C16H23F2N3O. The maximum atomic E-state index is 13.6. The molecule has 4 nitrogen and oxygen atoms in total. The molecule has 0 aliphatic heterocycles. The number of aliphatic imine (C=N–C) groups is 1. The Morgan fingerprint density at radius 2 is 2.00 bits per heavy atom. The molecule has 1 saturated carbocycles. The highest BCUT2D eigenvalue weighted by Crippen LogP contribution is 2.28. The number of guanidine groups is 1. The number of hydrogen-bond acceptors (Lipinski definition) is 2. The molecule has 0 amide bonds. The van der Waals surface area contributed by atoms with Gasteiger partial charge >= 0.3 is 0 Å². The molecule has 0 radical (unpaired) electrons. The maximum absolute atomic E-state index is 13.6. The van der Waals surface area contributed by atoms with Gasteiger partial charge in [-0.15, -0.1) is 0 Å². The number of aliphatic hydroxyl groups is 1. The van der Waals surface area contributed by atoms with Gasteiger partial charge in [0.15, 0.2) is 5.96 Å². The third-order valence-corrected chi connectivity index (χ3v) is 3.88. The predicted octanol–water partition coefficient (Wildman–Crippen LogP) is 2.33. The molecule has 0 heterocycles. The van der Waals surface area contributed by atoms with Crippen LogP contribution < -0.4 is 10.6 Å². The number of nitrogens with one attached hydrogen (secondary N) is 2. The normalized spacial score (nSPS) is 17.5. The van der Waals surface area contributed by atoms with Crippen molar-refractivity contribution in [3.63, 3.8) is 0 Å². The zero-order chi connectivity index (χ0) is 16.0. The number of rotatable bonds is 5. The molecule has 1 aliphatic rings. The van der Waals surface area contributed by atoms with Gasteiger partial charge in [0.1, 0.15) is 11.6 Å². The van der Waals surface area contributed by atoms with Crippen molar-refractivity contribution >= 4 is 5.96 Å². The molecular weight excluding hydrogens is 288 g/mol. The summed E-state index contributed by atoms with van der Waals surface area (Å²) < 4.78 is 26.7. The Kier molecular flexibility index (Phi) is 5.71. The van der Waals surface area contributed by atoms with Gasteiger partial charge in [0, 0.05) is 18.7 Å². The van der Waals surface area contributed by atoms with E-state index in [0.29, 0.717) is 19.0 Å². The second-order valence-corrected chi connectivity index (χ2v) is 5.72. The quantitative estimate of drug-likeness (QED) is 0.578. The molecule has 3 N–H and O–H groups in total. The van der Waals surface area contributed by atoms with E-state index in [1.807, 2.05) is 6.92 Å². The zero-order valence-corrected chi connectivity index (χ0v) is 12.8. The Balaban J connectivity index is 1.98. The van der Waals surface area contributed by atoms with Gasteiger partial charge in [-0.3, -0.25) is 0 Å². The fourth-order valence-electron chi connectivity index (χ4n) is 2.63. The van der Waals surface area contributed by atoms with Crippen molar-refractivity contribution in [2.45, 2.75) is 44.8 Å². The van der Waals surface area contributed by atoms with Crippen molar-refractivity contribution in [1.29, 1.82) is 0 Å². The van der Waals surface area contributed by atoms with Crippen LogP contribution in [0.2, 0.25) is 0 Å². The Morgan fingerprint density at radius 1 is 1.27 bits per heavy atom. The molecule has 2 rings (SSSR count). The molecule has 0 bridgehead atoms. The van der Waals surface area contributed by atoms with Gasteiger partial charge in [-0.05, 0) is 38.0 Å². The number of halogens is 2. The first kappa shape index (κ1) is 16.7. The molecule has 0 spiro atoms. The predicted molar refractivity (Wildman–Crippen MR) is 82.6 cm³/mol. The average molecular weight is 311 g/mol. The third-order valence-electron chi connectivity index (χ3n) is 3.88. The second kappa shape index (κ2) is 7.54. The van der Waals surface area contributed by atoms with E-state index in [2.05, 4.69) is 15.6 Å². The fourth-order valence-corrected chi connectivity index (χ4v) is 2.63. The third kappa shape index (κ3) is 4.66. The van der Waals surface area contributed by atoms with Gasteiger partial charge in [-0.2, -0.15) is 0 Å². The fraction of sp³-hybridized carbons (Fsp3) is 0.562. The first-order chi connectivity index (χ1) is 10.5. The van der Waals surface area contributed by atoms with E-state index in [1.54, 1.807) is 0 Å². The molecule has 0 aromatic heterocycles. The van der Waals surface area contributed by atoms with Crippen LogP contribution in [0.3, 0.4) is 0 Å². The lowest BCUT2D eigenvalue weighted by Gasteiger charge is -2.23. The molecule has 1 aromatic rings. The summed E-state index contributed by atoms with van der Waals surface area (Å²) in [6.07, 6.45) is 3.61. The molecule has 22 heavy (non-hydrogen) atoms. The smallest absolute Gasteiger partial charge is 0.191 e. The van der Waals surface area contributed by atoms with Crippen LogP contribution in [-0.2, 0) is 6.54 Å². The van der Waals surface area contributed by atoms with E-state index in [4.69, 9.17) is 0 Å². The zero-order valence-electron chi connectivity index (χ0n) is 12.8. The van der Waals surface area contributed by atoms with E-state index in [-0.39, 0.29) is 12.1 Å². The SMILES string of the molecule is CCNC(=NCc1cc(F)ccc1F)NCC1(O)CCCC1. The summed E-state index contributed by atoms with van der Waals surface area (Å²) in [6.45, 7) is 3.02. The average Bonchev–Trinajstić information content (AvgIpc) is 2.92. The van der Waals surface area contributed by atoms with Crippen molar-refractivity contribution in [2.75, 3.05) is 13.1 Å². The van der Waals surface area contributed by atoms with Gasteiger partial charge in [-0.1, -0.05) is 12.8 Å². The Labute approximate surface area is 129 Å². The Morgan fingerprint density at radius 3 is 2.68 bits per heavy atom. The Bertz CT molecular complexity index is 528. The van der Waals surface area contributed by atoms with Gasteiger partial charge in [0.05, 0.1) is 12.1 Å². The molecule has 1 aromatic carbocycles. The maximum Gasteiger partial charge on any atom is 0.191 e. The summed E-state index contributed by atoms with van der Waals surface area (Å²) in [5, 5.41) is 16.4. The summed E-state index contributed by atoms with van der Waals surface area (Å²) in [6, 6.07) is 3.33. The van der Waals surface area contributed by atoms with Crippen molar-refractivity contribution in [3.8, 4) is 0 Å². The minimum Gasteiger partial charge on any atom is -0.388 e. The van der Waals surface area contributed by atoms with Crippen LogP contribution in [0.4, 0.5) is 8.78 Å². The van der Waals surface area contributed by atoms with Crippen LogP contribution in [0.25, 0.3) is 0 Å². The van der Waals surface area contributed by atoms with Gasteiger partial charge < -0.3 is 15.7 Å². The van der Waals surface area contributed by atoms with E-state index in [0.717, 1.165) is 43.9 Å². The van der Waals surface area contributed by atoms with Crippen molar-refractivity contribution < 1.29 is 13.9 Å². The number of hydrogen-bond donors (Lipinski definition) is 3.